The van der Waals surface area contributed by atoms with Gasteiger partial charge in [0.15, 0.2) is 0 Å². The van der Waals surface area contributed by atoms with E-state index >= 15 is 0 Å². The summed E-state index contributed by atoms with van der Waals surface area (Å²) < 4.78 is 5.29. The Kier molecular flexibility index (Phi) is 4.25. The van der Waals surface area contributed by atoms with Gasteiger partial charge in [0.2, 0.25) is 5.91 Å². The van der Waals surface area contributed by atoms with Crippen LogP contribution in [0, 0.1) is 5.41 Å². The molecule has 4 unspecified atom stereocenters. The molecular weight excluding hydrogens is 232 g/mol. The van der Waals surface area contributed by atoms with Gasteiger partial charge in [-0.05, 0) is 19.8 Å². The van der Waals surface area contributed by atoms with E-state index in [1.165, 1.54) is 0 Å². The lowest BCUT2D eigenvalue weighted by atomic mass is 9.84. The van der Waals surface area contributed by atoms with Gasteiger partial charge >= 0.3 is 0 Å². The molecule has 0 aromatic heterocycles. The molecule has 2 aliphatic rings. The average Bonchev–Trinajstić information content (AvgIpc) is 2.56. The normalized spacial score (nSPS) is 41.4. The first kappa shape index (κ1) is 13.8. The van der Waals surface area contributed by atoms with Crippen molar-refractivity contribution in [3.05, 3.63) is 0 Å². The number of carbonyl (C=O) groups is 1. The van der Waals surface area contributed by atoms with Gasteiger partial charge in [-0.1, -0.05) is 19.3 Å². The topological polar surface area (TPSA) is 84.6 Å². The van der Waals surface area contributed by atoms with E-state index in [-0.39, 0.29) is 18.0 Å². The first-order valence-electron chi connectivity index (χ1n) is 6.86. The van der Waals surface area contributed by atoms with Gasteiger partial charge in [-0.15, -0.1) is 0 Å². The van der Waals surface area contributed by atoms with E-state index in [1.807, 2.05) is 6.92 Å². The predicted octanol–water partition coefficient (Wildman–Crippen LogP) is 0.160. The summed E-state index contributed by atoms with van der Waals surface area (Å²) in [6.45, 7) is 2.63. The van der Waals surface area contributed by atoms with Crippen LogP contribution < -0.4 is 11.1 Å². The summed E-state index contributed by atoms with van der Waals surface area (Å²) in [4.78, 5) is 12.3. The number of aliphatic hydroxyl groups excluding tert-OH is 1. The first-order valence-corrected chi connectivity index (χ1v) is 6.86. The Hall–Kier alpha value is -0.650. The molecular formula is C13H24N2O3. The first-order chi connectivity index (χ1) is 8.54. The highest BCUT2D eigenvalue weighted by atomic mass is 16.5. The Morgan fingerprint density at radius 2 is 2.11 bits per heavy atom. The Labute approximate surface area is 108 Å². The van der Waals surface area contributed by atoms with Crippen molar-refractivity contribution in [2.45, 2.75) is 57.2 Å². The number of nitrogens with two attached hydrogens (primary N) is 1. The van der Waals surface area contributed by atoms with Crippen molar-refractivity contribution >= 4 is 5.91 Å². The number of rotatable bonds is 2. The van der Waals surface area contributed by atoms with Crippen LogP contribution in [0.3, 0.4) is 0 Å². The molecule has 0 bridgehead atoms. The molecule has 4 atom stereocenters. The van der Waals surface area contributed by atoms with Crippen LogP contribution in [0.4, 0.5) is 0 Å². The van der Waals surface area contributed by atoms with Gasteiger partial charge in [0, 0.05) is 6.04 Å². The lowest BCUT2D eigenvalue weighted by Gasteiger charge is -2.30. The maximum atomic E-state index is 12.3. The second-order valence-electron chi connectivity index (χ2n) is 5.82. The molecule has 0 aromatic carbocycles. The third-order valence-corrected chi connectivity index (χ3v) is 4.33. The van der Waals surface area contributed by atoms with Crippen LogP contribution in [0.15, 0.2) is 0 Å². The van der Waals surface area contributed by atoms with Crippen LogP contribution in [0.25, 0.3) is 0 Å². The van der Waals surface area contributed by atoms with Crippen LogP contribution >= 0.6 is 0 Å². The number of carbonyl (C=O) groups excluding carboxylic acids is 1. The van der Waals surface area contributed by atoms with Gasteiger partial charge in [0.25, 0.3) is 0 Å². The van der Waals surface area contributed by atoms with Gasteiger partial charge in [0.1, 0.15) is 0 Å². The molecule has 1 heterocycles. The van der Waals surface area contributed by atoms with Gasteiger partial charge in [-0.3, -0.25) is 4.79 Å². The number of hydrogen-bond acceptors (Lipinski definition) is 4. The Morgan fingerprint density at radius 1 is 1.39 bits per heavy atom. The maximum Gasteiger partial charge on any atom is 0.230 e. The summed E-state index contributed by atoms with van der Waals surface area (Å²) in [5.41, 5.74) is 5.28. The van der Waals surface area contributed by atoms with Crippen molar-refractivity contribution < 1.29 is 14.6 Å². The minimum Gasteiger partial charge on any atom is -0.391 e. The van der Waals surface area contributed by atoms with Gasteiger partial charge in [0.05, 0.1) is 30.8 Å². The van der Waals surface area contributed by atoms with Crippen LogP contribution in [0.5, 0.6) is 0 Å². The third kappa shape index (κ3) is 2.68. The fourth-order valence-electron chi connectivity index (χ4n) is 2.71. The maximum absolute atomic E-state index is 12.3. The van der Waals surface area contributed by atoms with E-state index in [4.69, 9.17) is 10.5 Å². The zero-order valence-corrected chi connectivity index (χ0v) is 11.0. The highest BCUT2D eigenvalue weighted by molar-refractivity contribution is 5.84. The van der Waals surface area contributed by atoms with E-state index in [0.29, 0.717) is 13.2 Å². The molecule has 1 aliphatic heterocycles. The predicted molar refractivity (Wildman–Crippen MR) is 67.9 cm³/mol. The number of ether oxygens (including phenoxy) is 1. The molecule has 18 heavy (non-hydrogen) atoms. The zero-order chi connectivity index (χ0) is 13.2. The van der Waals surface area contributed by atoms with Gasteiger partial charge in [-0.25, -0.2) is 0 Å². The molecule has 1 amide bonds. The summed E-state index contributed by atoms with van der Waals surface area (Å²) in [6.07, 6.45) is 4.40. The largest absolute Gasteiger partial charge is 0.391 e. The van der Waals surface area contributed by atoms with Crippen LogP contribution in [0.2, 0.25) is 0 Å². The molecule has 1 saturated heterocycles. The third-order valence-electron chi connectivity index (χ3n) is 4.33. The Bertz CT molecular complexity index is 311. The quantitative estimate of drug-likeness (QED) is 0.614. The standard InChI is InChI=1S/C13H24N2O3/c1-13(8-18-7-11(13)14)12(17)15-9-5-3-2-4-6-10(9)16/h9-11,16H,2-8,14H2,1H3,(H,15,17). The summed E-state index contributed by atoms with van der Waals surface area (Å²) in [6, 6.07) is -0.398. The van der Waals surface area contributed by atoms with Crippen LogP contribution in [-0.4, -0.2) is 42.4 Å². The second kappa shape index (κ2) is 5.55. The fraction of sp³-hybridized carbons (Fsp3) is 0.923. The molecule has 1 aliphatic carbocycles. The summed E-state index contributed by atoms with van der Waals surface area (Å²) in [7, 11) is 0. The van der Waals surface area contributed by atoms with E-state index < -0.39 is 11.5 Å². The van der Waals surface area contributed by atoms with E-state index in [2.05, 4.69) is 5.32 Å². The molecule has 5 heteroatoms. The van der Waals surface area contributed by atoms with Crippen LogP contribution in [0.1, 0.15) is 39.0 Å². The molecule has 1 saturated carbocycles. The lowest BCUT2D eigenvalue weighted by Crippen LogP contribution is -2.54. The molecule has 2 fully saturated rings. The molecule has 0 radical (unpaired) electrons. The highest BCUT2D eigenvalue weighted by Crippen LogP contribution is 2.28. The van der Waals surface area contributed by atoms with E-state index in [0.717, 1.165) is 32.1 Å². The smallest absolute Gasteiger partial charge is 0.230 e. The van der Waals surface area contributed by atoms with Crippen LogP contribution in [-0.2, 0) is 9.53 Å². The SMILES string of the molecule is CC1(C(=O)NC2CCCCCC2O)COCC1N. The molecule has 0 spiro atoms. The summed E-state index contributed by atoms with van der Waals surface area (Å²) in [5, 5.41) is 13.0. The fourth-order valence-corrected chi connectivity index (χ4v) is 2.71. The second-order valence-corrected chi connectivity index (χ2v) is 5.82. The van der Waals surface area contributed by atoms with E-state index in [9.17, 15) is 9.90 Å². The zero-order valence-electron chi connectivity index (χ0n) is 11.0. The van der Waals surface area contributed by atoms with Gasteiger partial charge < -0.3 is 20.9 Å². The molecule has 104 valence electrons. The number of amides is 1. The minimum atomic E-state index is -0.661. The van der Waals surface area contributed by atoms with Crippen molar-refractivity contribution in [3.8, 4) is 0 Å². The van der Waals surface area contributed by atoms with Crippen molar-refractivity contribution in [2.75, 3.05) is 13.2 Å². The summed E-state index contributed by atoms with van der Waals surface area (Å²) in [5.74, 6) is -0.0848. The van der Waals surface area contributed by atoms with Crippen molar-refractivity contribution in [2.24, 2.45) is 11.1 Å². The van der Waals surface area contributed by atoms with E-state index in [1.54, 1.807) is 0 Å². The van der Waals surface area contributed by atoms with Gasteiger partial charge in [-0.2, -0.15) is 0 Å². The highest BCUT2D eigenvalue weighted by Gasteiger charge is 2.45. The minimum absolute atomic E-state index is 0.0848. The lowest BCUT2D eigenvalue weighted by molar-refractivity contribution is -0.132. The Balaban J connectivity index is 1.97. The molecule has 0 aromatic rings. The molecule has 4 N–H and O–H groups in total. The number of nitrogens with one attached hydrogen (secondary N) is 1. The molecule has 2 rings (SSSR count). The number of aliphatic hydroxyl groups is 1. The van der Waals surface area contributed by atoms with Crippen molar-refractivity contribution in [3.63, 3.8) is 0 Å². The summed E-state index contributed by atoms with van der Waals surface area (Å²) >= 11 is 0. The number of hydrogen-bond donors (Lipinski definition) is 3. The average molecular weight is 256 g/mol. The monoisotopic (exact) mass is 256 g/mol. The van der Waals surface area contributed by atoms with Crippen molar-refractivity contribution in [1.29, 1.82) is 0 Å². The van der Waals surface area contributed by atoms with Crippen molar-refractivity contribution in [1.82, 2.24) is 5.32 Å². The molecule has 5 nitrogen and oxygen atoms in total. The Morgan fingerprint density at radius 3 is 2.78 bits per heavy atom.